The first-order valence-electron chi connectivity index (χ1n) is 12.9. The third-order valence-corrected chi connectivity index (χ3v) is 7.15. The Hall–Kier alpha value is -3.54. The molecule has 11 heteroatoms. The number of hydrogen-bond acceptors (Lipinski definition) is 7. The smallest absolute Gasteiger partial charge is 0.229 e. The van der Waals surface area contributed by atoms with Crippen molar-refractivity contribution in [2.24, 2.45) is 0 Å². The van der Waals surface area contributed by atoms with Gasteiger partial charge in [0, 0.05) is 37.4 Å². The van der Waals surface area contributed by atoms with Gasteiger partial charge in [0.25, 0.3) is 0 Å². The van der Waals surface area contributed by atoms with E-state index >= 15 is 0 Å². The number of nitrogens with one attached hydrogen (secondary N) is 1. The Morgan fingerprint density at radius 2 is 1.82 bits per heavy atom. The van der Waals surface area contributed by atoms with Gasteiger partial charge in [-0.05, 0) is 51.5 Å². The normalized spacial score (nSPS) is 15.9. The van der Waals surface area contributed by atoms with Gasteiger partial charge >= 0.3 is 0 Å². The molecule has 0 spiro atoms. The Morgan fingerprint density at radius 1 is 1.05 bits per heavy atom. The molecule has 1 aromatic carbocycles. The van der Waals surface area contributed by atoms with Crippen molar-refractivity contribution in [2.75, 3.05) is 38.0 Å². The summed E-state index contributed by atoms with van der Waals surface area (Å²) in [6, 6.07) is 6.77. The Labute approximate surface area is 220 Å². The van der Waals surface area contributed by atoms with Gasteiger partial charge in [-0.15, -0.1) is 0 Å². The SMILES string of the molecule is CC[N+]1([O-])CCN(Cc2ccc(Nc3ncc(F)c(-c4cc(F)c5nc(C)n(C(C)C)c5c4)n3)nc2)CC1. The van der Waals surface area contributed by atoms with E-state index in [0.29, 0.717) is 48.9 Å². The fourth-order valence-electron chi connectivity index (χ4n) is 5.00. The molecule has 0 amide bonds. The highest BCUT2D eigenvalue weighted by atomic mass is 19.1. The second-order valence-electron chi connectivity index (χ2n) is 10.1. The predicted octanol–water partition coefficient (Wildman–Crippen LogP) is 4.95. The zero-order valence-electron chi connectivity index (χ0n) is 22.1. The number of likely N-dealkylation sites (N-methyl/N-ethyl adjacent to an activating group) is 1. The number of fused-ring (bicyclic) bond motifs is 1. The number of pyridine rings is 1. The topological polar surface area (TPSA) is 94.8 Å². The van der Waals surface area contributed by atoms with Gasteiger partial charge in [0.05, 0.1) is 31.3 Å². The number of piperazine rings is 1. The molecule has 0 atom stereocenters. The van der Waals surface area contributed by atoms with Crippen LogP contribution in [0.4, 0.5) is 20.5 Å². The van der Waals surface area contributed by atoms with E-state index in [9.17, 15) is 14.0 Å². The predicted molar refractivity (Wildman–Crippen MR) is 142 cm³/mol. The van der Waals surface area contributed by atoms with Crippen LogP contribution >= 0.6 is 0 Å². The van der Waals surface area contributed by atoms with Gasteiger partial charge in [0.15, 0.2) is 11.6 Å². The summed E-state index contributed by atoms with van der Waals surface area (Å²) in [5.41, 5.74) is 2.14. The highest BCUT2D eigenvalue weighted by Gasteiger charge is 2.24. The lowest BCUT2D eigenvalue weighted by Gasteiger charge is -2.47. The summed E-state index contributed by atoms with van der Waals surface area (Å²) in [4.78, 5) is 19.4. The molecule has 5 rings (SSSR count). The molecule has 38 heavy (non-hydrogen) atoms. The van der Waals surface area contributed by atoms with Gasteiger partial charge < -0.3 is 19.7 Å². The molecule has 1 fully saturated rings. The lowest BCUT2D eigenvalue weighted by Crippen LogP contribution is -2.55. The average molecular weight is 523 g/mol. The maximum Gasteiger partial charge on any atom is 0.229 e. The summed E-state index contributed by atoms with van der Waals surface area (Å²) >= 11 is 0. The molecule has 1 aliphatic rings. The van der Waals surface area contributed by atoms with Crippen molar-refractivity contribution in [3.05, 3.63) is 64.9 Å². The van der Waals surface area contributed by atoms with Crippen LogP contribution in [0.25, 0.3) is 22.3 Å². The van der Waals surface area contributed by atoms with Crippen LogP contribution in [-0.4, -0.2) is 66.8 Å². The van der Waals surface area contributed by atoms with Gasteiger partial charge in [0.2, 0.25) is 5.95 Å². The second kappa shape index (κ2) is 10.3. The highest BCUT2D eigenvalue weighted by molar-refractivity contribution is 5.83. The van der Waals surface area contributed by atoms with Crippen molar-refractivity contribution < 1.29 is 13.4 Å². The number of quaternary nitrogens is 1. The number of rotatable bonds is 7. The van der Waals surface area contributed by atoms with E-state index in [4.69, 9.17) is 0 Å². The Morgan fingerprint density at radius 3 is 2.47 bits per heavy atom. The van der Waals surface area contributed by atoms with Crippen LogP contribution < -0.4 is 5.32 Å². The first-order valence-corrected chi connectivity index (χ1v) is 12.9. The molecule has 4 heterocycles. The molecule has 0 radical (unpaired) electrons. The fraction of sp³-hybridized carbons (Fsp3) is 0.407. The van der Waals surface area contributed by atoms with Gasteiger partial charge in [0.1, 0.15) is 22.9 Å². The Kier molecular flexibility index (Phi) is 7.08. The van der Waals surface area contributed by atoms with Crippen LogP contribution in [0.3, 0.4) is 0 Å². The standard InChI is InChI=1S/C27H32F2N8O/c1-5-37(38)10-8-35(9-11-37)16-19-6-7-24(30-14-19)33-27-31-15-22(29)25(34-27)20-12-21(28)26-23(13-20)36(17(2)3)18(4)32-26/h6-7,12-15,17H,5,8-11,16H2,1-4H3,(H,30,31,33,34). The van der Waals surface area contributed by atoms with E-state index in [-0.39, 0.29) is 27.8 Å². The number of anilines is 2. The van der Waals surface area contributed by atoms with Crippen molar-refractivity contribution in [2.45, 2.75) is 40.3 Å². The Balaban J connectivity index is 1.33. The molecule has 4 aromatic rings. The van der Waals surface area contributed by atoms with Crippen molar-refractivity contribution in [3.8, 4) is 11.3 Å². The number of benzene rings is 1. The number of halogens is 2. The molecule has 1 saturated heterocycles. The molecule has 1 aliphatic heterocycles. The quantitative estimate of drug-likeness (QED) is 0.271. The minimum Gasteiger partial charge on any atom is -0.633 e. The monoisotopic (exact) mass is 522 g/mol. The van der Waals surface area contributed by atoms with E-state index < -0.39 is 11.6 Å². The van der Waals surface area contributed by atoms with Crippen molar-refractivity contribution in [1.29, 1.82) is 0 Å². The lowest BCUT2D eigenvalue weighted by atomic mass is 10.1. The zero-order valence-corrected chi connectivity index (χ0v) is 22.1. The van der Waals surface area contributed by atoms with E-state index in [1.165, 1.54) is 6.07 Å². The van der Waals surface area contributed by atoms with Gasteiger partial charge in [-0.3, -0.25) is 4.90 Å². The van der Waals surface area contributed by atoms with E-state index in [0.717, 1.165) is 24.8 Å². The molecule has 0 saturated carbocycles. The summed E-state index contributed by atoms with van der Waals surface area (Å²) in [6.45, 7) is 11.8. The van der Waals surface area contributed by atoms with E-state index in [1.54, 1.807) is 18.3 Å². The molecular weight excluding hydrogens is 490 g/mol. The summed E-state index contributed by atoms with van der Waals surface area (Å²) in [5.74, 6) is 0.144. The molecule has 200 valence electrons. The largest absolute Gasteiger partial charge is 0.633 e. The third-order valence-electron chi connectivity index (χ3n) is 7.15. The lowest BCUT2D eigenvalue weighted by molar-refractivity contribution is -0.883. The second-order valence-corrected chi connectivity index (χ2v) is 10.1. The van der Waals surface area contributed by atoms with Crippen LogP contribution in [-0.2, 0) is 6.54 Å². The molecule has 3 aromatic heterocycles. The number of aromatic nitrogens is 5. The minimum absolute atomic E-state index is 0.0147. The fourth-order valence-corrected chi connectivity index (χ4v) is 5.00. The summed E-state index contributed by atoms with van der Waals surface area (Å²) < 4.78 is 31.5. The number of imidazole rings is 1. The maximum atomic E-state index is 14.9. The molecule has 0 unspecified atom stereocenters. The average Bonchev–Trinajstić information content (AvgIpc) is 3.24. The van der Waals surface area contributed by atoms with Crippen molar-refractivity contribution >= 4 is 22.8 Å². The number of aryl methyl sites for hydroxylation is 1. The highest BCUT2D eigenvalue weighted by Crippen LogP contribution is 2.30. The molecule has 0 bridgehead atoms. The number of hydroxylamine groups is 3. The summed E-state index contributed by atoms with van der Waals surface area (Å²) in [5, 5.41) is 15.4. The maximum absolute atomic E-state index is 14.9. The van der Waals surface area contributed by atoms with Crippen molar-refractivity contribution in [1.82, 2.24) is 29.4 Å². The zero-order chi connectivity index (χ0) is 27.0. The van der Waals surface area contributed by atoms with E-state index in [2.05, 4.69) is 30.2 Å². The summed E-state index contributed by atoms with van der Waals surface area (Å²) in [6.07, 6.45) is 2.83. The molecule has 1 N–H and O–H groups in total. The van der Waals surface area contributed by atoms with Crippen molar-refractivity contribution in [3.63, 3.8) is 0 Å². The van der Waals surface area contributed by atoms with Crippen LogP contribution in [0.2, 0.25) is 0 Å². The van der Waals surface area contributed by atoms with Crippen LogP contribution in [0.15, 0.2) is 36.7 Å². The van der Waals surface area contributed by atoms with Gasteiger partial charge in [-0.1, -0.05) is 6.07 Å². The molecule has 0 aliphatic carbocycles. The Bertz CT molecular complexity index is 1450. The number of hydrogen-bond donors (Lipinski definition) is 1. The van der Waals surface area contributed by atoms with Crippen LogP contribution in [0.1, 0.15) is 38.2 Å². The van der Waals surface area contributed by atoms with Crippen LogP contribution in [0, 0.1) is 23.8 Å². The number of nitrogens with zero attached hydrogens (tertiary/aromatic N) is 7. The minimum atomic E-state index is -0.657. The van der Waals surface area contributed by atoms with Crippen LogP contribution in [0.5, 0.6) is 0 Å². The molecular formula is C27H32F2N8O. The first-order chi connectivity index (χ1) is 18.2. The van der Waals surface area contributed by atoms with E-state index in [1.807, 2.05) is 38.3 Å². The third kappa shape index (κ3) is 5.22. The first kappa shape index (κ1) is 26.1. The molecule has 9 nitrogen and oxygen atoms in total. The summed E-state index contributed by atoms with van der Waals surface area (Å²) in [7, 11) is 0. The van der Waals surface area contributed by atoms with Gasteiger partial charge in [-0.25, -0.2) is 28.7 Å². The van der Waals surface area contributed by atoms with Gasteiger partial charge in [-0.2, -0.15) is 0 Å².